The Morgan fingerprint density at radius 2 is 2.62 bits per heavy atom. The second-order valence-electron chi connectivity index (χ2n) is 1.50. The Labute approximate surface area is 58.5 Å². The molecular weight excluding hydrogens is 138 g/mol. The highest BCUT2D eigenvalue weighted by Gasteiger charge is 2.09. The van der Waals surface area contributed by atoms with Crippen molar-refractivity contribution in [1.82, 2.24) is 5.32 Å². The van der Waals surface area contributed by atoms with Crippen LogP contribution in [0.25, 0.3) is 0 Å². The first-order chi connectivity index (χ1) is 3.83. The molecule has 0 aromatic carbocycles. The van der Waals surface area contributed by atoms with Gasteiger partial charge in [0.2, 0.25) is 0 Å². The van der Waals surface area contributed by atoms with Crippen LogP contribution in [-0.4, -0.2) is 10.9 Å². The maximum absolute atomic E-state index is 4.87. The van der Waals surface area contributed by atoms with Gasteiger partial charge < -0.3 is 5.32 Å². The molecule has 0 aromatic heterocycles. The number of allylic oxidation sites excluding steroid dienone is 1. The molecule has 44 valence electrons. The highest BCUT2D eigenvalue weighted by Crippen LogP contribution is 2.20. The minimum atomic E-state index is 0.901. The lowest BCUT2D eigenvalue weighted by atomic mass is 10.5. The van der Waals surface area contributed by atoms with Crippen LogP contribution < -0.4 is 5.32 Å². The van der Waals surface area contributed by atoms with E-state index in [1.54, 1.807) is 11.8 Å². The fraction of sp³-hybridized carbons (Fsp3) is 0.400. The highest BCUT2D eigenvalue weighted by molar-refractivity contribution is 8.25. The highest BCUT2D eigenvalue weighted by atomic mass is 32.2. The molecule has 1 rings (SSSR count). The summed E-state index contributed by atoms with van der Waals surface area (Å²) in [4.78, 5) is 1.33. The van der Waals surface area contributed by atoms with Crippen LogP contribution in [0.1, 0.15) is 6.92 Å². The molecule has 1 nitrogen and oxygen atoms in total. The van der Waals surface area contributed by atoms with Crippen LogP contribution in [0.2, 0.25) is 0 Å². The predicted molar refractivity (Wildman–Crippen MR) is 41.9 cm³/mol. The summed E-state index contributed by atoms with van der Waals surface area (Å²) < 4.78 is 0.901. The van der Waals surface area contributed by atoms with Gasteiger partial charge in [0.05, 0.1) is 0 Å². The van der Waals surface area contributed by atoms with Crippen LogP contribution in [0.3, 0.4) is 0 Å². The molecule has 0 aliphatic carbocycles. The number of thiocarbonyl (C=S) groups is 1. The molecule has 1 saturated heterocycles. The average Bonchev–Trinajstić information content (AvgIpc) is 2.14. The van der Waals surface area contributed by atoms with Crippen molar-refractivity contribution in [2.45, 2.75) is 6.92 Å². The molecule has 1 N–H and O–H groups in total. The maximum atomic E-state index is 4.87. The van der Waals surface area contributed by atoms with Crippen LogP contribution in [0.4, 0.5) is 0 Å². The normalized spacial score (nSPS) is 24.1. The molecule has 8 heavy (non-hydrogen) atoms. The Morgan fingerprint density at radius 1 is 1.88 bits per heavy atom. The lowest BCUT2D eigenvalue weighted by molar-refractivity contribution is 1.08. The fourth-order valence-corrected chi connectivity index (χ4v) is 1.55. The summed E-state index contributed by atoms with van der Waals surface area (Å²) >= 11 is 6.52. The number of rotatable bonds is 0. The molecule has 0 saturated carbocycles. The second-order valence-corrected chi connectivity index (χ2v) is 3.30. The fourth-order valence-electron chi connectivity index (χ4n) is 0.512. The van der Waals surface area contributed by atoms with Gasteiger partial charge in [0, 0.05) is 11.4 Å². The third kappa shape index (κ3) is 1.23. The minimum absolute atomic E-state index is 0.901. The Balaban J connectivity index is 2.56. The zero-order chi connectivity index (χ0) is 5.98. The van der Waals surface area contributed by atoms with Crippen molar-refractivity contribution in [3.63, 3.8) is 0 Å². The summed E-state index contributed by atoms with van der Waals surface area (Å²) in [5.74, 6) is 0. The van der Waals surface area contributed by atoms with E-state index in [2.05, 4.69) is 11.4 Å². The minimum Gasteiger partial charge on any atom is -0.366 e. The van der Waals surface area contributed by atoms with Gasteiger partial charge in [0.1, 0.15) is 4.32 Å². The van der Waals surface area contributed by atoms with Crippen molar-refractivity contribution >= 4 is 28.3 Å². The SMILES string of the molecule is C/C=C1\CNC(=S)S1. The topological polar surface area (TPSA) is 12.0 Å². The Bertz CT molecular complexity index is 139. The van der Waals surface area contributed by atoms with E-state index in [0.29, 0.717) is 0 Å². The van der Waals surface area contributed by atoms with Gasteiger partial charge in [-0.05, 0) is 6.92 Å². The van der Waals surface area contributed by atoms with Crippen molar-refractivity contribution in [2.75, 3.05) is 6.54 Å². The van der Waals surface area contributed by atoms with Crippen LogP contribution in [-0.2, 0) is 0 Å². The first-order valence-electron chi connectivity index (χ1n) is 2.44. The van der Waals surface area contributed by atoms with Crippen LogP contribution in [0.5, 0.6) is 0 Å². The second kappa shape index (κ2) is 2.51. The summed E-state index contributed by atoms with van der Waals surface area (Å²) in [6.07, 6.45) is 2.08. The quantitative estimate of drug-likeness (QED) is 0.519. The van der Waals surface area contributed by atoms with Crippen molar-refractivity contribution in [3.8, 4) is 0 Å². The summed E-state index contributed by atoms with van der Waals surface area (Å²) in [5.41, 5.74) is 0. The van der Waals surface area contributed by atoms with Gasteiger partial charge in [-0.1, -0.05) is 30.1 Å². The molecule has 0 atom stereocenters. The molecule has 0 unspecified atom stereocenters. The number of hydrogen-bond acceptors (Lipinski definition) is 2. The van der Waals surface area contributed by atoms with E-state index in [1.807, 2.05) is 6.92 Å². The van der Waals surface area contributed by atoms with Gasteiger partial charge in [0.15, 0.2) is 0 Å². The van der Waals surface area contributed by atoms with E-state index < -0.39 is 0 Å². The molecule has 0 aromatic rings. The van der Waals surface area contributed by atoms with E-state index in [0.717, 1.165) is 10.9 Å². The third-order valence-corrected chi connectivity index (χ3v) is 2.32. The molecule has 0 bridgehead atoms. The Hall–Kier alpha value is -0.0200. The zero-order valence-corrected chi connectivity index (χ0v) is 6.23. The molecule has 3 heteroatoms. The number of hydrogen-bond donors (Lipinski definition) is 1. The third-order valence-electron chi connectivity index (χ3n) is 0.953. The van der Waals surface area contributed by atoms with Crippen molar-refractivity contribution in [1.29, 1.82) is 0 Å². The van der Waals surface area contributed by atoms with E-state index in [-0.39, 0.29) is 0 Å². The van der Waals surface area contributed by atoms with Crippen LogP contribution >= 0.6 is 24.0 Å². The Morgan fingerprint density at radius 3 is 2.88 bits per heavy atom. The molecule has 0 amide bonds. The molecule has 0 spiro atoms. The van der Waals surface area contributed by atoms with Gasteiger partial charge in [-0.25, -0.2) is 0 Å². The lowest BCUT2D eigenvalue weighted by Crippen LogP contribution is -2.09. The largest absolute Gasteiger partial charge is 0.366 e. The van der Waals surface area contributed by atoms with Crippen LogP contribution in [0, 0.1) is 0 Å². The van der Waals surface area contributed by atoms with Gasteiger partial charge in [-0.2, -0.15) is 0 Å². The van der Waals surface area contributed by atoms with E-state index in [4.69, 9.17) is 12.2 Å². The van der Waals surface area contributed by atoms with Crippen molar-refractivity contribution < 1.29 is 0 Å². The standard InChI is InChI=1S/C5H7NS2/c1-2-4-3-6-5(7)8-4/h2H,3H2,1H3,(H,6,7)/b4-2+. The maximum Gasteiger partial charge on any atom is 0.138 e. The first kappa shape index (κ1) is 6.11. The monoisotopic (exact) mass is 145 g/mol. The van der Waals surface area contributed by atoms with Crippen molar-refractivity contribution in [2.24, 2.45) is 0 Å². The molecule has 0 radical (unpaired) electrons. The molecule has 1 aliphatic heterocycles. The molecule has 1 heterocycles. The average molecular weight is 145 g/mol. The molecule has 1 fully saturated rings. The summed E-state index contributed by atoms with van der Waals surface area (Å²) in [7, 11) is 0. The van der Waals surface area contributed by atoms with Gasteiger partial charge >= 0.3 is 0 Å². The van der Waals surface area contributed by atoms with Gasteiger partial charge in [0.25, 0.3) is 0 Å². The summed E-state index contributed by atoms with van der Waals surface area (Å²) in [5, 5.41) is 3.05. The number of thioether (sulfide) groups is 1. The van der Waals surface area contributed by atoms with E-state index in [1.165, 1.54) is 4.91 Å². The smallest absolute Gasteiger partial charge is 0.138 e. The first-order valence-corrected chi connectivity index (χ1v) is 3.66. The van der Waals surface area contributed by atoms with Gasteiger partial charge in [-0.15, -0.1) is 0 Å². The van der Waals surface area contributed by atoms with E-state index in [9.17, 15) is 0 Å². The Kier molecular flexibility index (Phi) is 1.91. The van der Waals surface area contributed by atoms with Crippen LogP contribution in [0.15, 0.2) is 11.0 Å². The zero-order valence-electron chi connectivity index (χ0n) is 4.60. The predicted octanol–water partition coefficient (Wildman–Crippen LogP) is 1.51. The lowest BCUT2D eigenvalue weighted by Gasteiger charge is -1.82. The van der Waals surface area contributed by atoms with E-state index >= 15 is 0 Å². The van der Waals surface area contributed by atoms with Gasteiger partial charge in [-0.3, -0.25) is 0 Å². The number of nitrogens with one attached hydrogen (secondary N) is 1. The van der Waals surface area contributed by atoms with Crippen molar-refractivity contribution in [3.05, 3.63) is 11.0 Å². The summed E-state index contributed by atoms with van der Waals surface area (Å²) in [6.45, 7) is 2.96. The summed E-state index contributed by atoms with van der Waals surface area (Å²) in [6, 6.07) is 0. The molecule has 1 aliphatic rings. The molecular formula is C5H7NS2.